The van der Waals surface area contributed by atoms with Gasteiger partial charge in [-0.25, -0.2) is 9.36 Å². The lowest BCUT2D eigenvalue weighted by Gasteiger charge is -2.23. The van der Waals surface area contributed by atoms with Crippen LogP contribution < -0.4 is 21.3 Å². The highest BCUT2D eigenvalue weighted by Gasteiger charge is 2.25. The summed E-state index contributed by atoms with van der Waals surface area (Å²) in [6.45, 7) is 5.75. The van der Waals surface area contributed by atoms with E-state index in [-0.39, 0.29) is 11.9 Å². The fourth-order valence-electron chi connectivity index (χ4n) is 3.49. The van der Waals surface area contributed by atoms with Crippen LogP contribution >= 0.6 is 0 Å². The van der Waals surface area contributed by atoms with Crippen LogP contribution in [0.15, 0.2) is 58.1 Å². The molecule has 3 aromatic rings. The van der Waals surface area contributed by atoms with Crippen molar-refractivity contribution in [1.82, 2.24) is 14.5 Å². The second-order valence-corrected chi connectivity index (χ2v) is 7.25. The van der Waals surface area contributed by atoms with E-state index in [0.717, 1.165) is 11.0 Å². The standard InChI is InChI=1S/C23H27N3O4/c1-5-15(3)24-21(27)19(6-2)26-20-13-8-7-12-18(20)22(28)25(23(26)29)16-10-9-11-17(14-16)30-4/h7-15,19H,5-6H2,1-4H3,(H,24,27)/t15-,19-/m0/s1. The minimum absolute atomic E-state index is 0.0159. The molecule has 0 saturated heterocycles. The lowest BCUT2D eigenvalue weighted by atomic mass is 10.1. The Morgan fingerprint density at radius 2 is 1.80 bits per heavy atom. The van der Waals surface area contributed by atoms with Crippen molar-refractivity contribution in [2.24, 2.45) is 0 Å². The van der Waals surface area contributed by atoms with Gasteiger partial charge in [-0.3, -0.25) is 14.2 Å². The van der Waals surface area contributed by atoms with Gasteiger partial charge in [-0.2, -0.15) is 0 Å². The Morgan fingerprint density at radius 3 is 2.47 bits per heavy atom. The van der Waals surface area contributed by atoms with Gasteiger partial charge in [0.05, 0.1) is 23.7 Å². The maximum atomic E-state index is 13.6. The lowest BCUT2D eigenvalue weighted by molar-refractivity contribution is -0.125. The van der Waals surface area contributed by atoms with Crippen molar-refractivity contribution < 1.29 is 9.53 Å². The second kappa shape index (κ2) is 8.98. The molecule has 7 nitrogen and oxygen atoms in total. The predicted molar refractivity (Wildman–Crippen MR) is 118 cm³/mol. The van der Waals surface area contributed by atoms with Gasteiger partial charge in [-0.15, -0.1) is 0 Å². The largest absolute Gasteiger partial charge is 0.497 e. The normalized spacial score (nSPS) is 13.1. The van der Waals surface area contributed by atoms with Gasteiger partial charge in [0.1, 0.15) is 11.8 Å². The summed E-state index contributed by atoms with van der Waals surface area (Å²) in [6, 6.07) is 12.9. The van der Waals surface area contributed by atoms with Crippen LogP contribution in [-0.2, 0) is 4.79 Å². The fraction of sp³-hybridized carbons (Fsp3) is 0.348. The summed E-state index contributed by atoms with van der Waals surface area (Å²) in [6.07, 6.45) is 1.18. The van der Waals surface area contributed by atoms with E-state index in [4.69, 9.17) is 4.74 Å². The van der Waals surface area contributed by atoms with Gasteiger partial charge in [0.2, 0.25) is 5.91 Å². The molecule has 0 aliphatic carbocycles. The number of nitrogens with zero attached hydrogens (tertiary/aromatic N) is 2. The van der Waals surface area contributed by atoms with Gasteiger partial charge in [0.15, 0.2) is 0 Å². The predicted octanol–water partition coefficient (Wildman–Crippen LogP) is 3.03. The number of carbonyl (C=O) groups excluding carboxylic acids is 1. The summed E-state index contributed by atoms with van der Waals surface area (Å²) < 4.78 is 7.77. The number of fused-ring (bicyclic) bond motifs is 1. The second-order valence-electron chi connectivity index (χ2n) is 7.25. The first-order valence-electron chi connectivity index (χ1n) is 10.1. The van der Waals surface area contributed by atoms with Crippen LogP contribution in [0.2, 0.25) is 0 Å². The summed E-state index contributed by atoms with van der Waals surface area (Å²) in [5, 5.41) is 3.33. The van der Waals surface area contributed by atoms with Crippen molar-refractivity contribution in [2.75, 3.05) is 7.11 Å². The number of aromatic nitrogens is 2. The van der Waals surface area contributed by atoms with Gasteiger partial charge in [0, 0.05) is 12.1 Å². The highest BCUT2D eigenvalue weighted by molar-refractivity contribution is 5.84. The molecule has 0 aliphatic heterocycles. The number of rotatable bonds is 7. The van der Waals surface area contributed by atoms with E-state index in [0.29, 0.717) is 28.8 Å². The molecule has 1 aromatic heterocycles. The highest BCUT2D eigenvalue weighted by Crippen LogP contribution is 2.19. The fourth-order valence-corrected chi connectivity index (χ4v) is 3.49. The first-order chi connectivity index (χ1) is 14.4. The lowest BCUT2D eigenvalue weighted by Crippen LogP contribution is -2.45. The van der Waals surface area contributed by atoms with Crippen LogP contribution in [0.3, 0.4) is 0 Å². The summed E-state index contributed by atoms with van der Waals surface area (Å²) in [5.74, 6) is 0.287. The van der Waals surface area contributed by atoms with Crippen molar-refractivity contribution in [3.8, 4) is 11.4 Å². The quantitative estimate of drug-likeness (QED) is 0.650. The Balaban J connectivity index is 2.32. The number of carbonyl (C=O) groups is 1. The average molecular weight is 409 g/mol. The van der Waals surface area contributed by atoms with Crippen molar-refractivity contribution in [1.29, 1.82) is 0 Å². The zero-order valence-electron chi connectivity index (χ0n) is 17.7. The zero-order valence-corrected chi connectivity index (χ0v) is 17.7. The molecule has 1 heterocycles. The van der Waals surface area contributed by atoms with E-state index in [1.165, 1.54) is 11.7 Å². The van der Waals surface area contributed by atoms with Gasteiger partial charge >= 0.3 is 5.69 Å². The number of hydrogen-bond donors (Lipinski definition) is 1. The maximum absolute atomic E-state index is 13.6. The van der Waals surface area contributed by atoms with Crippen molar-refractivity contribution in [2.45, 2.75) is 45.7 Å². The molecule has 1 N–H and O–H groups in total. The average Bonchev–Trinajstić information content (AvgIpc) is 2.76. The molecule has 0 fully saturated rings. The van der Waals surface area contributed by atoms with Gasteiger partial charge in [-0.05, 0) is 44.0 Å². The Labute approximate surface area is 174 Å². The smallest absolute Gasteiger partial charge is 0.336 e. The molecule has 2 atom stereocenters. The van der Waals surface area contributed by atoms with Crippen LogP contribution in [0.1, 0.15) is 39.7 Å². The molecule has 1 amide bonds. The SMILES string of the molecule is CC[C@H](C)NC(=O)[C@H](CC)n1c(=O)n(-c2cccc(OC)c2)c(=O)c2ccccc21. The van der Waals surface area contributed by atoms with E-state index < -0.39 is 17.3 Å². The molecule has 0 spiro atoms. The van der Waals surface area contributed by atoms with Crippen LogP contribution in [-0.4, -0.2) is 28.2 Å². The van der Waals surface area contributed by atoms with Gasteiger partial charge < -0.3 is 10.1 Å². The summed E-state index contributed by atoms with van der Waals surface area (Å²) >= 11 is 0. The number of para-hydroxylation sites is 1. The Hall–Kier alpha value is -3.35. The summed E-state index contributed by atoms with van der Waals surface area (Å²) in [4.78, 5) is 39.8. The maximum Gasteiger partial charge on any atom is 0.336 e. The van der Waals surface area contributed by atoms with Gasteiger partial charge in [0.25, 0.3) is 5.56 Å². The number of nitrogens with one attached hydrogen (secondary N) is 1. The zero-order chi connectivity index (χ0) is 21.8. The monoisotopic (exact) mass is 409 g/mol. The Kier molecular flexibility index (Phi) is 6.40. The van der Waals surface area contributed by atoms with Gasteiger partial charge in [-0.1, -0.05) is 32.0 Å². The number of methoxy groups -OCH3 is 1. The third-order valence-electron chi connectivity index (χ3n) is 5.31. The molecular formula is C23H27N3O4. The first kappa shape index (κ1) is 21.4. The molecule has 0 unspecified atom stereocenters. The number of hydrogen-bond acceptors (Lipinski definition) is 4. The number of benzene rings is 2. The number of amides is 1. The molecule has 0 aliphatic rings. The highest BCUT2D eigenvalue weighted by atomic mass is 16.5. The molecule has 158 valence electrons. The minimum atomic E-state index is -0.742. The minimum Gasteiger partial charge on any atom is -0.497 e. The van der Waals surface area contributed by atoms with Crippen LogP contribution in [0.25, 0.3) is 16.6 Å². The molecule has 7 heteroatoms. The molecule has 0 bridgehead atoms. The molecule has 30 heavy (non-hydrogen) atoms. The van der Waals surface area contributed by atoms with E-state index in [2.05, 4.69) is 5.32 Å². The van der Waals surface area contributed by atoms with E-state index in [9.17, 15) is 14.4 Å². The Morgan fingerprint density at radius 1 is 1.07 bits per heavy atom. The van der Waals surface area contributed by atoms with Crippen molar-refractivity contribution in [3.63, 3.8) is 0 Å². The van der Waals surface area contributed by atoms with Crippen LogP contribution in [0, 0.1) is 0 Å². The summed E-state index contributed by atoms with van der Waals surface area (Å²) in [5.41, 5.74) is -0.158. The molecule has 3 rings (SSSR count). The molecule has 0 saturated carbocycles. The number of ether oxygens (including phenoxy) is 1. The first-order valence-corrected chi connectivity index (χ1v) is 10.1. The van der Waals surface area contributed by atoms with Crippen molar-refractivity contribution in [3.05, 3.63) is 69.4 Å². The molecule has 2 aromatic carbocycles. The topological polar surface area (TPSA) is 82.3 Å². The van der Waals surface area contributed by atoms with Crippen LogP contribution in [0.4, 0.5) is 0 Å². The molecular weight excluding hydrogens is 382 g/mol. The van der Waals surface area contributed by atoms with E-state index in [1.807, 2.05) is 20.8 Å². The van der Waals surface area contributed by atoms with E-state index >= 15 is 0 Å². The summed E-state index contributed by atoms with van der Waals surface area (Å²) in [7, 11) is 1.52. The third kappa shape index (κ3) is 3.87. The third-order valence-corrected chi connectivity index (χ3v) is 5.31. The van der Waals surface area contributed by atoms with E-state index in [1.54, 1.807) is 48.5 Å². The molecule has 0 radical (unpaired) electrons. The van der Waals surface area contributed by atoms with Crippen molar-refractivity contribution >= 4 is 16.8 Å². The van der Waals surface area contributed by atoms with Crippen LogP contribution in [0.5, 0.6) is 5.75 Å². The Bertz CT molecular complexity index is 1180.